The molecular weight excluding hydrogens is 621 g/mol. The Labute approximate surface area is 255 Å². The summed E-state index contributed by atoms with van der Waals surface area (Å²) in [4.78, 5) is 10.8. The zero-order valence-electron chi connectivity index (χ0n) is 23.8. The van der Waals surface area contributed by atoms with E-state index in [2.05, 4.69) is 14.9 Å². The average Bonchev–Trinajstić information content (AvgIpc) is 3.41. The number of pyridine rings is 1. The van der Waals surface area contributed by atoms with Crippen molar-refractivity contribution in [3.05, 3.63) is 72.1 Å². The predicted molar refractivity (Wildman–Crippen MR) is 157 cm³/mol. The molecule has 2 aromatic heterocycles. The summed E-state index contributed by atoms with van der Waals surface area (Å²) in [5, 5.41) is -0.238. The maximum absolute atomic E-state index is 13.9. The van der Waals surface area contributed by atoms with Crippen molar-refractivity contribution in [2.24, 2.45) is 0 Å². The Morgan fingerprint density at radius 3 is 2.48 bits per heavy atom. The molecule has 44 heavy (non-hydrogen) atoms. The highest BCUT2D eigenvalue weighted by atomic mass is 32.2. The van der Waals surface area contributed by atoms with E-state index in [1.807, 2.05) is 0 Å². The highest BCUT2D eigenvalue weighted by molar-refractivity contribution is 7.91. The van der Waals surface area contributed by atoms with Crippen LogP contribution in [-0.2, 0) is 31.3 Å². The first kappa shape index (κ1) is 31.9. The molecule has 1 fully saturated rings. The van der Waals surface area contributed by atoms with E-state index < -0.39 is 33.6 Å². The van der Waals surface area contributed by atoms with Crippen molar-refractivity contribution < 1.29 is 40.0 Å². The van der Waals surface area contributed by atoms with Gasteiger partial charge in [0.25, 0.3) is 10.0 Å². The summed E-state index contributed by atoms with van der Waals surface area (Å²) >= 11 is 0. The molecule has 0 amide bonds. The first-order valence-electron chi connectivity index (χ1n) is 13.8. The molecule has 0 saturated carbocycles. The van der Waals surface area contributed by atoms with E-state index in [1.54, 1.807) is 36.4 Å². The minimum atomic E-state index is -4.54. The molecule has 236 valence electrons. The number of ether oxygens (including phenoxy) is 3. The molecule has 5 rings (SSSR count). The Hall–Kier alpha value is -3.53. The zero-order valence-corrected chi connectivity index (χ0v) is 25.5. The van der Waals surface area contributed by atoms with Crippen molar-refractivity contribution in [3.63, 3.8) is 0 Å². The molecule has 0 spiro atoms. The van der Waals surface area contributed by atoms with Crippen LogP contribution >= 0.6 is 0 Å². The fourth-order valence-electron chi connectivity index (χ4n) is 4.68. The Morgan fingerprint density at radius 1 is 1.02 bits per heavy atom. The van der Waals surface area contributed by atoms with Gasteiger partial charge in [-0.2, -0.15) is 13.2 Å². The number of hydrogen-bond acceptors (Lipinski definition) is 9. The molecule has 1 saturated heterocycles. The summed E-state index contributed by atoms with van der Waals surface area (Å²) in [5.41, 5.74) is 0.989. The highest BCUT2D eigenvalue weighted by Gasteiger charge is 2.30. The van der Waals surface area contributed by atoms with Crippen LogP contribution < -0.4 is 9.47 Å². The quantitative estimate of drug-likeness (QED) is 0.207. The van der Waals surface area contributed by atoms with E-state index in [0.29, 0.717) is 17.9 Å². The molecule has 0 radical (unpaired) electrons. The van der Waals surface area contributed by atoms with Crippen LogP contribution in [0.5, 0.6) is 11.5 Å². The third-order valence-electron chi connectivity index (χ3n) is 6.96. The van der Waals surface area contributed by atoms with E-state index >= 15 is 0 Å². The van der Waals surface area contributed by atoms with Crippen molar-refractivity contribution in [1.82, 2.24) is 18.8 Å². The van der Waals surface area contributed by atoms with Gasteiger partial charge in [-0.05, 0) is 55.8 Å². The molecular formula is C29H31F3N4O6S2. The van der Waals surface area contributed by atoms with Gasteiger partial charge >= 0.3 is 6.18 Å². The molecule has 4 aromatic rings. The van der Waals surface area contributed by atoms with Gasteiger partial charge in [-0.15, -0.1) is 0 Å². The van der Waals surface area contributed by atoms with Crippen LogP contribution in [0.3, 0.4) is 0 Å². The van der Waals surface area contributed by atoms with Crippen LogP contribution in [0.2, 0.25) is 0 Å². The van der Waals surface area contributed by atoms with Crippen molar-refractivity contribution in [2.45, 2.75) is 35.3 Å². The molecule has 15 heteroatoms. The molecule has 0 bridgehead atoms. The molecule has 1 aliphatic heterocycles. The molecule has 1 unspecified atom stereocenters. The van der Waals surface area contributed by atoms with Crippen molar-refractivity contribution in [2.75, 3.05) is 46.1 Å². The van der Waals surface area contributed by atoms with Crippen LogP contribution in [0, 0.1) is 6.92 Å². The van der Waals surface area contributed by atoms with E-state index in [1.165, 1.54) is 31.3 Å². The number of nitrogens with zero attached hydrogens (tertiary/aromatic N) is 4. The van der Waals surface area contributed by atoms with Crippen LogP contribution in [0.4, 0.5) is 13.2 Å². The number of morpholine rings is 1. The Bertz CT molecular complexity index is 1720. The molecule has 0 aliphatic carbocycles. The third kappa shape index (κ3) is 7.57. The minimum absolute atomic E-state index is 0.0589. The average molecular weight is 653 g/mol. The second-order valence-corrected chi connectivity index (χ2v) is 13.2. The topological polar surface area (TPSA) is 113 Å². The Morgan fingerprint density at radius 2 is 1.75 bits per heavy atom. The third-order valence-corrected chi connectivity index (χ3v) is 10.0. The number of para-hydroxylation sites is 2. The summed E-state index contributed by atoms with van der Waals surface area (Å²) < 4.78 is 96.6. The second kappa shape index (κ2) is 13.6. The number of aromatic nitrogens is 3. The van der Waals surface area contributed by atoms with Crippen molar-refractivity contribution in [1.29, 1.82) is 0 Å². The molecule has 1 atom stereocenters. The number of imidazole rings is 1. The monoisotopic (exact) mass is 652 g/mol. The number of fused-ring (bicyclic) bond motifs is 1. The van der Waals surface area contributed by atoms with Crippen LogP contribution in [0.1, 0.15) is 17.7 Å². The van der Waals surface area contributed by atoms with Crippen LogP contribution in [0.25, 0.3) is 11.0 Å². The summed E-state index contributed by atoms with van der Waals surface area (Å²) in [6.07, 6.45) is -2.48. The Balaban J connectivity index is 1.35. The van der Waals surface area contributed by atoms with Crippen molar-refractivity contribution in [3.8, 4) is 11.5 Å². The normalized spacial score (nSPS) is 15.4. The minimum Gasteiger partial charge on any atom is -0.494 e. The highest BCUT2D eigenvalue weighted by Crippen LogP contribution is 2.29. The van der Waals surface area contributed by atoms with Gasteiger partial charge in [0.15, 0.2) is 6.61 Å². The van der Waals surface area contributed by atoms with Gasteiger partial charge in [0, 0.05) is 31.4 Å². The number of alkyl halides is 3. The zero-order chi connectivity index (χ0) is 31.3. The fourth-order valence-corrected chi connectivity index (χ4v) is 7.73. The summed E-state index contributed by atoms with van der Waals surface area (Å²) in [6.45, 7) is 4.58. The Kier molecular flexibility index (Phi) is 9.87. The van der Waals surface area contributed by atoms with Crippen LogP contribution in [-0.4, -0.2) is 83.7 Å². The molecule has 10 nitrogen and oxygen atoms in total. The predicted octanol–water partition coefficient (Wildman–Crippen LogP) is 4.33. The maximum Gasteiger partial charge on any atom is 0.422 e. The fraction of sp³-hybridized carbons (Fsp3) is 0.379. The van der Waals surface area contributed by atoms with E-state index in [4.69, 9.17) is 14.2 Å². The van der Waals surface area contributed by atoms with Crippen molar-refractivity contribution >= 4 is 31.9 Å². The molecule has 1 aliphatic rings. The lowest BCUT2D eigenvalue weighted by atomic mass is 10.2. The van der Waals surface area contributed by atoms with Crippen LogP contribution in [0.15, 0.2) is 70.8 Å². The summed E-state index contributed by atoms with van der Waals surface area (Å²) in [5.74, 6) is 0.152. The number of halogens is 3. The first-order valence-corrected chi connectivity index (χ1v) is 16.6. The lowest BCUT2D eigenvalue weighted by Gasteiger charge is -2.26. The molecule has 2 aromatic carbocycles. The smallest absolute Gasteiger partial charge is 0.422 e. The maximum atomic E-state index is 13.9. The summed E-state index contributed by atoms with van der Waals surface area (Å²) in [6, 6.07) is 13.7. The van der Waals surface area contributed by atoms with Gasteiger partial charge in [0.05, 0.1) is 58.0 Å². The van der Waals surface area contributed by atoms with E-state index in [-0.39, 0.29) is 38.3 Å². The number of rotatable bonds is 12. The van der Waals surface area contributed by atoms with Gasteiger partial charge in [0.2, 0.25) is 5.16 Å². The van der Waals surface area contributed by atoms with E-state index in [0.717, 1.165) is 43.2 Å². The number of benzene rings is 2. The van der Waals surface area contributed by atoms with Gasteiger partial charge < -0.3 is 14.2 Å². The standard InChI is InChI=1S/C29H31F3N4O6S2/c1-21-25(33-12-11-27(21)42-20-29(30,31)32)19-43(37)28-34-24-5-2-3-6-26(24)36(28)44(38,39)23-9-7-22(8-10-23)41-16-4-13-35-14-17-40-18-15-35/h2-3,5-12H,4,13-20H2,1H3. The molecule has 0 N–H and O–H groups in total. The molecule has 3 heterocycles. The summed E-state index contributed by atoms with van der Waals surface area (Å²) in [7, 11) is -6.33. The van der Waals surface area contributed by atoms with Gasteiger partial charge in [-0.3, -0.25) is 14.1 Å². The van der Waals surface area contributed by atoms with E-state index in [9.17, 15) is 25.8 Å². The second-order valence-electron chi connectivity index (χ2n) is 10.1. The van der Waals surface area contributed by atoms with Gasteiger partial charge in [-0.1, -0.05) is 12.1 Å². The lowest BCUT2D eigenvalue weighted by molar-refractivity contribution is -0.153. The first-order chi connectivity index (χ1) is 21.0. The number of hydrogen-bond donors (Lipinski definition) is 0. The SMILES string of the molecule is Cc1c(OCC(F)(F)F)ccnc1CS(=O)c1nc2ccccc2n1S(=O)(=O)c1ccc(OCCCN2CCOCC2)cc1. The van der Waals surface area contributed by atoms with Gasteiger partial charge in [-0.25, -0.2) is 17.4 Å². The lowest BCUT2D eigenvalue weighted by Crippen LogP contribution is -2.37. The van der Waals surface area contributed by atoms with Gasteiger partial charge in [0.1, 0.15) is 11.5 Å². The largest absolute Gasteiger partial charge is 0.494 e.